The minimum absolute atomic E-state index is 0.193. The first-order valence-corrected chi connectivity index (χ1v) is 12.3. The fourth-order valence-corrected chi connectivity index (χ4v) is 4.37. The molecule has 1 saturated heterocycles. The molecule has 3 rings (SSSR count). The van der Waals surface area contributed by atoms with Gasteiger partial charge in [0.1, 0.15) is 24.4 Å². The van der Waals surface area contributed by atoms with Gasteiger partial charge in [-0.25, -0.2) is 0 Å². The van der Waals surface area contributed by atoms with E-state index in [2.05, 4.69) is 10.6 Å². The van der Waals surface area contributed by atoms with Crippen molar-refractivity contribution in [3.05, 3.63) is 71.8 Å². The molecule has 10 nitrogen and oxygen atoms in total. The molecule has 0 bridgehead atoms. The molecule has 0 unspecified atom stereocenters. The third-order valence-corrected chi connectivity index (χ3v) is 5.86. The highest BCUT2D eigenvalue weighted by molar-refractivity contribution is 7.86. The van der Waals surface area contributed by atoms with Gasteiger partial charge in [0.25, 0.3) is 21.9 Å². The zero-order valence-corrected chi connectivity index (χ0v) is 19.9. The van der Waals surface area contributed by atoms with Gasteiger partial charge in [-0.05, 0) is 24.3 Å². The Labute approximate surface area is 198 Å². The normalized spacial score (nSPS) is 23.3. The maximum absolute atomic E-state index is 12.7. The molecule has 1 fully saturated rings. The van der Waals surface area contributed by atoms with Gasteiger partial charge in [0.05, 0.1) is 6.26 Å². The van der Waals surface area contributed by atoms with Gasteiger partial charge in [0, 0.05) is 31.9 Å². The van der Waals surface area contributed by atoms with Crippen molar-refractivity contribution in [2.24, 2.45) is 0 Å². The first kappa shape index (κ1) is 25.8. The molecule has 1 aliphatic rings. The molecule has 1 heterocycles. The second-order valence-electron chi connectivity index (χ2n) is 7.69. The third kappa shape index (κ3) is 6.61. The van der Waals surface area contributed by atoms with Crippen LogP contribution in [0.3, 0.4) is 0 Å². The summed E-state index contributed by atoms with van der Waals surface area (Å²) in [5.41, 5.74) is 0.828. The summed E-state index contributed by atoms with van der Waals surface area (Å²) >= 11 is 0. The van der Waals surface area contributed by atoms with E-state index in [0.717, 1.165) is 6.26 Å². The van der Waals surface area contributed by atoms with Crippen LogP contribution in [0.15, 0.2) is 60.7 Å². The standard InChI is InChI=1S/C23H28N2O8S/c1-30-20-18(25-22(27)16-12-8-5-9-13-16)23(31-2)32-19(20)17(33-34(3,28)29)14-24-21(26)15-10-6-4-7-11-15/h4-13,17-20,23H,14H2,1-3H3,(H,24,26)(H,25,27)/t17-,18-,19+,20-,23+/m0/s1. The number of hydrogen-bond donors (Lipinski definition) is 2. The molecule has 2 N–H and O–H groups in total. The molecule has 34 heavy (non-hydrogen) atoms. The van der Waals surface area contributed by atoms with Crippen LogP contribution in [0.25, 0.3) is 0 Å². The average Bonchev–Trinajstić information content (AvgIpc) is 3.19. The molecule has 0 spiro atoms. The number of ether oxygens (including phenoxy) is 3. The van der Waals surface area contributed by atoms with Gasteiger partial charge in [-0.15, -0.1) is 0 Å². The lowest BCUT2D eigenvalue weighted by Gasteiger charge is -2.27. The quantitative estimate of drug-likeness (QED) is 0.469. The smallest absolute Gasteiger partial charge is 0.264 e. The SMILES string of the molecule is CO[C@@H]1O[C@H]([C@H](CNC(=O)c2ccccc2)OS(C)(=O)=O)[C@@H](OC)[C@@H]1NC(=O)c1ccccc1. The minimum Gasteiger partial charge on any atom is -0.376 e. The number of carbonyl (C=O) groups is 2. The van der Waals surface area contributed by atoms with E-state index in [-0.39, 0.29) is 12.5 Å². The molecule has 0 saturated carbocycles. The lowest BCUT2D eigenvalue weighted by molar-refractivity contribution is -0.144. The number of nitrogens with one attached hydrogen (secondary N) is 2. The number of hydrogen-bond acceptors (Lipinski definition) is 8. The number of rotatable bonds is 10. The van der Waals surface area contributed by atoms with Gasteiger partial charge in [-0.1, -0.05) is 36.4 Å². The number of benzene rings is 2. The second-order valence-corrected chi connectivity index (χ2v) is 9.29. The van der Waals surface area contributed by atoms with Crippen LogP contribution in [0.1, 0.15) is 20.7 Å². The van der Waals surface area contributed by atoms with E-state index in [4.69, 9.17) is 18.4 Å². The van der Waals surface area contributed by atoms with Crippen molar-refractivity contribution in [1.82, 2.24) is 10.6 Å². The van der Waals surface area contributed by atoms with Gasteiger partial charge in [0.2, 0.25) is 0 Å². The monoisotopic (exact) mass is 492 g/mol. The lowest BCUT2D eigenvalue weighted by atomic mass is 10.0. The highest BCUT2D eigenvalue weighted by Crippen LogP contribution is 2.28. The van der Waals surface area contributed by atoms with Crippen molar-refractivity contribution in [3.8, 4) is 0 Å². The van der Waals surface area contributed by atoms with Crippen molar-refractivity contribution in [2.75, 3.05) is 27.0 Å². The molecule has 0 aliphatic carbocycles. The fraction of sp³-hybridized carbons (Fsp3) is 0.391. The third-order valence-electron chi connectivity index (χ3n) is 5.27. The topological polar surface area (TPSA) is 129 Å². The molecule has 2 amide bonds. The van der Waals surface area contributed by atoms with Crippen LogP contribution in [0.4, 0.5) is 0 Å². The lowest BCUT2D eigenvalue weighted by Crippen LogP contribution is -2.52. The predicted octanol–water partition coefficient (Wildman–Crippen LogP) is 0.946. The molecule has 1 aliphatic heterocycles. The Balaban J connectivity index is 1.79. The summed E-state index contributed by atoms with van der Waals surface area (Å²) in [6.07, 6.45) is -3.01. The number of amides is 2. The van der Waals surface area contributed by atoms with E-state index in [9.17, 15) is 18.0 Å². The van der Waals surface area contributed by atoms with Crippen LogP contribution in [-0.4, -0.2) is 77.9 Å². The molecule has 11 heteroatoms. The van der Waals surface area contributed by atoms with Gasteiger partial charge in [-0.3, -0.25) is 13.8 Å². The van der Waals surface area contributed by atoms with Crippen molar-refractivity contribution in [2.45, 2.75) is 30.6 Å². The maximum atomic E-state index is 12.7. The summed E-state index contributed by atoms with van der Waals surface area (Å²) in [4.78, 5) is 25.2. The van der Waals surface area contributed by atoms with Crippen LogP contribution in [0.2, 0.25) is 0 Å². The summed E-state index contributed by atoms with van der Waals surface area (Å²) in [5.74, 6) is -0.788. The van der Waals surface area contributed by atoms with E-state index in [1.807, 2.05) is 0 Å². The van der Waals surface area contributed by atoms with Crippen molar-refractivity contribution >= 4 is 21.9 Å². The highest BCUT2D eigenvalue weighted by atomic mass is 32.2. The van der Waals surface area contributed by atoms with E-state index < -0.39 is 46.7 Å². The van der Waals surface area contributed by atoms with Crippen molar-refractivity contribution in [1.29, 1.82) is 0 Å². The van der Waals surface area contributed by atoms with Crippen LogP contribution < -0.4 is 10.6 Å². The maximum Gasteiger partial charge on any atom is 0.264 e. The van der Waals surface area contributed by atoms with Crippen LogP contribution in [0.5, 0.6) is 0 Å². The Morgan fingerprint density at radius 2 is 1.50 bits per heavy atom. The molecule has 5 atom stereocenters. The fourth-order valence-electron chi connectivity index (χ4n) is 3.75. The summed E-state index contributed by atoms with van der Waals surface area (Å²) in [6, 6.07) is 16.2. The van der Waals surface area contributed by atoms with Crippen LogP contribution in [0, 0.1) is 0 Å². The Morgan fingerprint density at radius 1 is 0.941 bits per heavy atom. The summed E-state index contributed by atoms with van der Waals surface area (Å²) in [6.45, 7) is -0.193. The Bertz CT molecular complexity index is 1060. The first-order valence-electron chi connectivity index (χ1n) is 10.5. The Kier molecular flexibility index (Phi) is 8.75. The zero-order chi connectivity index (χ0) is 24.7. The van der Waals surface area contributed by atoms with Gasteiger partial charge >= 0.3 is 0 Å². The summed E-state index contributed by atoms with van der Waals surface area (Å²) in [5, 5.41) is 5.49. The molecular weight excluding hydrogens is 464 g/mol. The highest BCUT2D eigenvalue weighted by Gasteiger charge is 2.50. The van der Waals surface area contributed by atoms with Gasteiger partial charge in [0.15, 0.2) is 6.29 Å². The van der Waals surface area contributed by atoms with Crippen molar-refractivity contribution < 1.29 is 36.4 Å². The van der Waals surface area contributed by atoms with Gasteiger partial charge < -0.3 is 24.8 Å². The summed E-state index contributed by atoms with van der Waals surface area (Å²) < 4.78 is 46.1. The first-order chi connectivity index (χ1) is 16.2. The minimum atomic E-state index is -3.93. The van der Waals surface area contributed by atoms with E-state index >= 15 is 0 Å². The van der Waals surface area contributed by atoms with Crippen molar-refractivity contribution in [3.63, 3.8) is 0 Å². The molecule has 2 aromatic carbocycles. The Hall–Kier alpha value is -2.83. The number of methoxy groups -OCH3 is 2. The van der Waals surface area contributed by atoms with Crippen LogP contribution in [-0.2, 0) is 28.5 Å². The van der Waals surface area contributed by atoms with Crippen LogP contribution >= 0.6 is 0 Å². The molecule has 184 valence electrons. The van der Waals surface area contributed by atoms with E-state index in [1.165, 1.54) is 14.2 Å². The zero-order valence-electron chi connectivity index (χ0n) is 19.0. The van der Waals surface area contributed by atoms with E-state index in [0.29, 0.717) is 11.1 Å². The predicted molar refractivity (Wildman–Crippen MR) is 123 cm³/mol. The van der Waals surface area contributed by atoms with Gasteiger partial charge in [-0.2, -0.15) is 8.42 Å². The van der Waals surface area contributed by atoms with E-state index in [1.54, 1.807) is 60.7 Å². The largest absolute Gasteiger partial charge is 0.376 e. The Morgan fingerprint density at radius 3 is 2.00 bits per heavy atom. The number of carbonyl (C=O) groups excluding carboxylic acids is 2. The molecule has 2 aromatic rings. The second kappa shape index (κ2) is 11.5. The average molecular weight is 493 g/mol. The molecular formula is C23H28N2O8S. The molecule has 0 aromatic heterocycles. The summed E-state index contributed by atoms with van der Waals surface area (Å²) in [7, 11) is -1.13. The molecule has 0 radical (unpaired) electrons.